The molecule has 0 aliphatic carbocycles. The molecule has 0 fully saturated rings. The SMILES string of the molecule is CN(C)C(N(C)C)=S1C=[N+]([O-])c2ccccc21.F[B-](F)(F)F. The van der Waals surface area contributed by atoms with Crippen LogP contribution in [0.2, 0.25) is 0 Å². The Morgan fingerprint density at radius 1 is 1.05 bits per heavy atom. The van der Waals surface area contributed by atoms with E-state index in [-0.39, 0.29) is 10.5 Å². The second-order valence-electron chi connectivity index (χ2n) is 4.80. The molecule has 0 radical (unpaired) electrons. The van der Waals surface area contributed by atoms with E-state index in [1.54, 1.807) is 5.55 Å². The monoisotopic (exact) mass is 338 g/mol. The molecule has 124 valence electrons. The Morgan fingerprint density at radius 2 is 1.50 bits per heavy atom. The van der Waals surface area contributed by atoms with E-state index in [4.69, 9.17) is 0 Å². The molecular weight excluding hydrogens is 321 g/mol. The summed E-state index contributed by atoms with van der Waals surface area (Å²) in [5, 5.41) is 13.0. The van der Waals surface area contributed by atoms with Gasteiger partial charge in [-0.3, -0.25) is 9.80 Å². The zero-order chi connectivity index (χ0) is 17.1. The minimum absolute atomic E-state index is 0.273. The summed E-state index contributed by atoms with van der Waals surface area (Å²) in [4.78, 5) is 5.23. The van der Waals surface area contributed by atoms with Gasteiger partial charge >= 0.3 is 7.25 Å². The maximum atomic E-state index is 11.8. The lowest BCUT2D eigenvalue weighted by molar-refractivity contribution is -0.352. The molecule has 0 bridgehead atoms. The fourth-order valence-corrected chi connectivity index (χ4v) is 4.08. The highest BCUT2D eigenvalue weighted by Gasteiger charge is 2.25. The second kappa shape index (κ2) is 7.25. The zero-order valence-electron chi connectivity index (χ0n) is 12.6. The number of fused-ring (bicyclic) bond motifs is 1. The van der Waals surface area contributed by atoms with E-state index in [0.29, 0.717) is 0 Å². The normalized spacial score (nSPS) is 17.0. The van der Waals surface area contributed by atoms with Gasteiger partial charge in [0.25, 0.3) is 0 Å². The van der Waals surface area contributed by atoms with E-state index < -0.39 is 7.25 Å². The highest BCUT2D eigenvalue weighted by molar-refractivity contribution is 8.27. The number of nitrogens with zero attached hydrogens (tertiary/aromatic N) is 3. The van der Waals surface area contributed by atoms with Crippen molar-refractivity contribution in [3.8, 4) is 0 Å². The van der Waals surface area contributed by atoms with Gasteiger partial charge in [-0.1, -0.05) is 12.1 Å². The third kappa shape index (κ3) is 5.11. The van der Waals surface area contributed by atoms with Gasteiger partial charge in [0.1, 0.15) is 5.11 Å². The van der Waals surface area contributed by atoms with Crippen LogP contribution in [0.5, 0.6) is 0 Å². The van der Waals surface area contributed by atoms with Gasteiger partial charge in [-0.25, -0.2) is 0 Å². The van der Waals surface area contributed by atoms with E-state index in [2.05, 4.69) is 9.80 Å². The third-order valence-electron chi connectivity index (χ3n) is 2.50. The number of hydrogen-bond donors (Lipinski definition) is 0. The zero-order valence-corrected chi connectivity index (χ0v) is 13.5. The van der Waals surface area contributed by atoms with Gasteiger partial charge in [0.05, 0.1) is 4.90 Å². The summed E-state index contributed by atoms with van der Waals surface area (Å²) in [7, 11) is 1.75. The lowest BCUT2D eigenvalue weighted by Gasteiger charge is -2.22. The first-order valence-corrected chi connectivity index (χ1v) is 7.53. The Balaban J connectivity index is 0.000000422. The molecule has 22 heavy (non-hydrogen) atoms. The first-order valence-electron chi connectivity index (χ1n) is 6.24. The van der Waals surface area contributed by atoms with E-state index in [0.717, 1.165) is 20.4 Å². The first-order chi connectivity index (χ1) is 10.0. The second-order valence-corrected chi connectivity index (χ2v) is 6.49. The molecule has 4 nitrogen and oxygen atoms in total. The number of benzene rings is 1. The molecule has 1 aliphatic rings. The van der Waals surface area contributed by atoms with Crippen molar-refractivity contribution in [1.82, 2.24) is 9.80 Å². The van der Waals surface area contributed by atoms with Crippen molar-refractivity contribution < 1.29 is 22.0 Å². The Bertz CT molecular complexity index is 586. The van der Waals surface area contributed by atoms with Gasteiger partial charge < -0.3 is 22.5 Å². The average Bonchev–Trinajstić information content (AvgIpc) is 2.65. The molecule has 1 aliphatic heterocycles. The standard InChI is InChI=1S/C12H17N3OS.BF4/c1-13(2)12(14(3)4)17-9-15(16)10-7-5-6-8-11(10)17;2-1(3,4)5/h5-9H,1-4H3;/q;-1. The molecule has 1 unspecified atom stereocenters. The van der Waals surface area contributed by atoms with Crippen LogP contribution in [-0.4, -0.2) is 60.6 Å². The van der Waals surface area contributed by atoms with Crippen LogP contribution in [0.25, 0.3) is 0 Å². The molecule has 0 amide bonds. The highest BCUT2D eigenvalue weighted by atomic mass is 32.2. The van der Waals surface area contributed by atoms with Crippen molar-refractivity contribution in [3.05, 3.63) is 29.5 Å². The Hall–Kier alpha value is -1.39. The lowest BCUT2D eigenvalue weighted by atomic mass is 10.3. The summed E-state index contributed by atoms with van der Waals surface area (Å²) in [6.07, 6.45) is 0. The van der Waals surface area contributed by atoms with Crippen LogP contribution in [0.1, 0.15) is 0 Å². The van der Waals surface area contributed by atoms with Gasteiger partial charge in [-0.15, -0.1) is 0 Å². The molecule has 0 saturated heterocycles. The summed E-state index contributed by atoms with van der Waals surface area (Å²) in [6, 6.07) is 7.78. The van der Waals surface area contributed by atoms with Crippen molar-refractivity contribution in [2.45, 2.75) is 4.90 Å². The van der Waals surface area contributed by atoms with Crippen LogP contribution in [0.3, 0.4) is 0 Å². The molecule has 10 heteroatoms. The Kier molecular flexibility index (Phi) is 6.15. The van der Waals surface area contributed by atoms with Gasteiger partial charge in [-0.05, 0) is 44.7 Å². The molecule has 0 aromatic heterocycles. The van der Waals surface area contributed by atoms with Crippen LogP contribution in [0.15, 0.2) is 29.2 Å². The maximum Gasteiger partial charge on any atom is 0.673 e. The molecule has 1 heterocycles. The number of hydrogen-bond acceptors (Lipinski definition) is 1. The number of halogens is 4. The van der Waals surface area contributed by atoms with E-state index >= 15 is 0 Å². The third-order valence-corrected chi connectivity index (χ3v) is 4.85. The molecular formula is C12H17BF4N3OS-. The van der Waals surface area contributed by atoms with Gasteiger partial charge in [0.2, 0.25) is 11.2 Å². The van der Waals surface area contributed by atoms with Gasteiger partial charge in [0.15, 0.2) is 0 Å². The molecule has 1 atom stereocenters. The van der Waals surface area contributed by atoms with Crippen LogP contribution in [0.4, 0.5) is 23.0 Å². The minimum Gasteiger partial charge on any atom is -0.618 e. The summed E-state index contributed by atoms with van der Waals surface area (Å²) in [6.45, 7) is 0. The fraction of sp³-hybridized carbons (Fsp3) is 0.333. The Labute approximate surface area is 129 Å². The molecule has 2 rings (SSSR count). The predicted octanol–water partition coefficient (Wildman–Crippen LogP) is 3.01. The quantitative estimate of drug-likeness (QED) is 0.240. The summed E-state index contributed by atoms with van der Waals surface area (Å²) >= 11 is 0. The first kappa shape index (κ1) is 18.7. The van der Waals surface area contributed by atoms with Crippen LogP contribution in [0, 0.1) is 5.21 Å². The highest BCUT2D eigenvalue weighted by Crippen LogP contribution is 2.39. The summed E-state index contributed by atoms with van der Waals surface area (Å²) < 4.78 is 40.0. The number of rotatable bonds is 0. The van der Waals surface area contributed by atoms with Gasteiger partial charge in [0, 0.05) is 6.07 Å². The summed E-state index contributed by atoms with van der Waals surface area (Å²) in [5.74, 6) is 0. The van der Waals surface area contributed by atoms with Crippen molar-refractivity contribution in [1.29, 1.82) is 0 Å². The lowest BCUT2D eigenvalue weighted by Crippen LogP contribution is -2.35. The summed E-state index contributed by atoms with van der Waals surface area (Å²) in [5.41, 5.74) is 2.51. The van der Waals surface area contributed by atoms with Crippen LogP contribution in [-0.2, 0) is 0 Å². The van der Waals surface area contributed by atoms with Crippen molar-refractivity contribution >= 4 is 34.1 Å². The fourth-order valence-electron chi connectivity index (χ4n) is 1.97. The van der Waals surface area contributed by atoms with Gasteiger partial charge in [-0.2, -0.15) is 4.74 Å². The van der Waals surface area contributed by atoms with E-state index in [9.17, 15) is 22.5 Å². The predicted molar refractivity (Wildman–Crippen MR) is 84.2 cm³/mol. The topological polar surface area (TPSA) is 32.5 Å². The van der Waals surface area contributed by atoms with Crippen LogP contribution < -0.4 is 0 Å². The molecule has 0 N–H and O–H groups in total. The van der Waals surface area contributed by atoms with E-state index in [1.165, 1.54) is 0 Å². The Morgan fingerprint density at radius 3 is 1.95 bits per heavy atom. The van der Waals surface area contributed by atoms with E-state index in [1.807, 2.05) is 52.5 Å². The van der Waals surface area contributed by atoms with Crippen molar-refractivity contribution in [2.24, 2.45) is 0 Å². The molecule has 1 aromatic rings. The maximum absolute atomic E-state index is 11.8. The van der Waals surface area contributed by atoms with Crippen LogP contribution >= 0.6 is 10.5 Å². The number of para-hydroxylation sites is 1. The smallest absolute Gasteiger partial charge is 0.618 e. The average molecular weight is 338 g/mol. The largest absolute Gasteiger partial charge is 0.673 e. The molecule has 0 spiro atoms. The molecule has 1 aromatic carbocycles. The van der Waals surface area contributed by atoms with Crippen molar-refractivity contribution in [3.63, 3.8) is 0 Å². The minimum atomic E-state index is -6.00. The molecule has 0 saturated carbocycles. The van der Waals surface area contributed by atoms with Crippen molar-refractivity contribution in [2.75, 3.05) is 28.2 Å².